The van der Waals surface area contributed by atoms with Crippen LogP contribution >= 0.6 is 0 Å². The van der Waals surface area contributed by atoms with E-state index in [1.54, 1.807) is 38.5 Å². The van der Waals surface area contributed by atoms with Crippen LogP contribution in [0.1, 0.15) is 38.5 Å². The fraction of sp³-hybridized carbons (Fsp3) is 1.00. The molecule has 0 aromatic carbocycles. The SMILES string of the molecule is C1CC2CC(C1)C1CCC21. The standard InChI is InChI=1S/C10H16/c1-2-7-6-8(3-1)10-5-4-9(7)10/h7-10H,1-6H2. The lowest BCUT2D eigenvalue weighted by atomic mass is 9.71. The molecule has 0 saturated heterocycles. The van der Waals surface area contributed by atoms with Gasteiger partial charge in [-0.05, 0) is 42.9 Å². The first-order valence-electron chi connectivity index (χ1n) is 4.95. The Bertz CT molecular complexity index is 130. The Hall–Kier alpha value is 0. The predicted octanol–water partition coefficient (Wildman–Crippen LogP) is 2.83. The van der Waals surface area contributed by atoms with Crippen molar-refractivity contribution in [1.29, 1.82) is 0 Å². The van der Waals surface area contributed by atoms with Gasteiger partial charge in [-0.1, -0.05) is 19.3 Å². The fourth-order valence-corrected chi connectivity index (χ4v) is 3.77. The number of hydrogen-bond donors (Lipinski definition) is 0. The molecule has 3 rings (SSSR count). The van der Waals surface area contributed by atoms with Crippen LogP contribution < -0.4 is 0 Å². The van der Waals surface area contributed by atoms with E-state index in [1.807, 2.05) is 0 Å². The lowest BCUT2D eigenvalue weighted by Crippen LogP contribution is -2.26. The minimum atomic E-state index is 1.19. The summed E-state index contributed by atoms with van der Waals surface area (Å²) in [5, 5.41) is 0. The van der Waals surface area contributed by atoms with E-state index in [0.29, 0.717) is 0 Å². The molecule has 0 aliphatic heterocycles. The zero-order valence-electron chi connectivity index (χ0n) is 6.55. The molecule has 56 valence electrons. The first-order chi connectivity index (χ1) is 4.95. The molecule has 0 aromatic rings. The van der Waals surface area contributed by atoms with Crippen molar-refractivity contribution in [2.45, 2.75) is 38.5 Å². The van der Waals surface area contributed by atoms with E-state index in [-0.39, 0.29) is 0 Å². The summed E-state index contributed by atoms with van der Waals surface area (Å²) in [7, 11) is 0. The maximum atomic E-state index is 1.62. The average Bonchev–Trinajstić information content (AvgIpc) is 1.99. The number of fused-ring (bicyclic) bond motifs is 5. The van der Waals surface area contributed by atoms with Crippen molar-refractivity contribution in [2.75, 3.05) is 0 Å². The van der Waals surface area contributed by atoms with Crippen LogP contribution in [0, 0.1) is 23.7 Å². The third-order valence-corrected chi connectivity index (χ3v) is 4.35. The normalized spacial score (nSPS) is 57.6. The van der Waals surface area contributed by atoms with Crippen LogP contribution in [0.3, 0.4) is 0 Å². The lowest BCUT2D eigenvalue weighted by Gasteiger charge is -2.34. The minimum absolute atomic E-state index is 1.19. The highest BCUT2D eigenvalue weighted by Gasteiger charge is 2.49. The monoisotopic (exact) mass is 136 g/mol. The summed E-state index contributed by atoms with van der Waals surface area (Å²) >= 11 is 0. The van der Waals surface area contributed by atoms with Crippen LogP contribution in [0.15, 0.2) is 0 Å². The molecule has 0 spiro atoms. The third kappa shape index (κ3) is 0.538. The summed E-state index contributed by atoms with van der Waals surface area (Å²) < 4.78 is 0. The highest BCUT2D eigenvalue weighted by molar-refractivity contribution is 4.99. The van der Waals surface area contributed by atoms with Gasteiger partial charge in [0, 0.05) is 0 Å². The summed E-state index contributed by atoms with van der Waals surface area (Å²) in [4.78, 5) is 0. The van der Waals surface area contributed by atoms with Gasteiger partial charge < -0.3 is 0 Å². The first-order valence-corrected chi connectivity index (χ1v) is 4.95. The summed E-state index contributed by atoms with van der Waals surface area (Å²) in [6, 6.07) is 0. The van der Waals surface area contributed by atoms with Crippen LogP contribution in [-0.4, -0.2) is 0 Å². The van der Waals surface area contributed by atoms with Crippen molar-refractivity contribution in [1.82, 2.24) is 0 Å². The van der Waals surface area contributed by atoms with E-state index in [1.165, 1.54) is 23.7 Å². The van der Waals surface area contributed by atoms with E-state index in [2.05, 4.69) is 0 Å². The highest BCUT2D eigenvalue weighted by atomic mass is 14.5. The Morgan fingerprint density at radius 3 is 1.80 bits per heavy atom. The van der Waals surface area contributed by atoms with Crippen molar-refractivity contribution in [3.05, 3.63) is 0 Å². The Kier molecular flexibility index (Phi) is 1.00. The average molecular weight is 136 g/mol. The van der Waals surface area contributed by atoms with E-state index < -0.39 is 0 Å². The van der Waals surface area contributed by atoms with Gasteiger partial charge in [-0.2, -0.15) is 0 Å². The number of rotatable bonds is 0. The second-order valence-corrected chi connectivity index (χ2v) is 4.59. The van der Waals surface area contributed by atoms with Crippen LogP contribution in [0.5, 0.6) is 0 Å². The van der Waals surface area contributed by atoms with Crippen molar-refractivity contribution >= 4 is 0 Å². The quantitative estimate of drug-likeness (QED) is 0.480. The molecule has 10 heavy (non-hydrogen) atoms. The van der Waals surface area contributed by atoms with Gasteiger partial charge in [0.05, 0.1) is 0 Å². The Morgan fingerprint density at radius 2 is 1.30 bits per heavy atom. The van der Waals surface area contributed by atoms with Crippen molar-refractivity contribution in [3.63, 3.8) is 0 Å². The van der Waals surface area contributed by atoms with Gasteiger partial charge >= 0.3 is 0 Å². The Labute approximate surface area is 63.0 Å². The Balaban J connectivity index is 1.89. The van der Waals surface area contributed by atoms with Crippen LogP contribution in [0.25, 0.3) is 0 Å². The fourth-order valence-electron chi connectivity index (χ4n) is 3.77. The molecule has 3 aliphatic rings. The molecule has 0 aromatic heterocycles. The van der Waals surface area contributed by atoms with Crippen LogP contribution in [0.2, 0.25) is 0 Å². The molecule has 0 radical (unpaired) electrons. The van der Waals surface area contributed by atoms with Crippen molar-refractivity contribution < 1.29 is 0 Å². The summed E-state index contributed by atoms with van der Waals surface area (Å²) in [6.45, 7) is 0. The molecule has 0 N–H and O–H groups in total. The molecule has 2 bridgehead atoms. The second kappa shape index (κ2) is 1.78. The molecular formula is C10H16. The largest absolute Gasteiger partial charge is 0.0528 e. The van der Waals surface area contributed by atoms with Crippen LogP contribution in [0.4, 0.5) is 0 Å². The van der Waals surface area contributed by atoms with Gasteiger partial charge in [-0.15, -0.1) is 0 Å². The summed E-state index contributed by atoms with van der Waals surface area (Å²) in [5.74, 6) is 4.81. The summed E-state index contributed by atoms with van der Waals surface area (Å²) in [5.41, 5.74) is 0. The molecule has 0 amide bonds. The van der Waals surface area contributed by atoms with Crippen molar-refractivity contribution in [2.24, 2.45) is 23.7 Å². The highest BCUT2D eigenvalue weighted by Crippen LogP contribution is 2.58. The molecule has 0 heterocycles. The maximum Gasteiger partial charge on any atom is -0.0355 e. The number of hydrogen-bond acceptors (Lipinski definition) is 0. The van der Waals surface area contributed by atoms with Gasteiger partial charge in [0.2, 0.25) is 0 Å². The van der Waals surface area contributed by atoms with E-state index in [0.717, 1.165) is 0 Å². The van der Waals surface area contributed by atoms with Gasteiger partial charge in [0.25, 0.3) is 0 Å². The van der Waals surface area contributed by atoms with Gasteiger partial charge in [0.15, 0.2) is 0 Å². The van der Waals surface area contributed by atoms with Gasteiger partial charge in [0.1, 0.15) is 0 Å². The third-order valence-electron chi connectivity index (χ3n) is 4.35. The molecule has 3 saturated carbocycles. The molecule has 4 unspecified atom stereocenters. The van der Waals surface area contributed by atoms with E-state index in [9.17, 15) is 0 Å². The topological polar surface area (TPSA) is 0 Å². The second-order valence-electron chi connectivity index (χ2n) is 4.59. The maximum absolute atomic E-state index is 1.62. The van der Waals surface area contributed by atoms with Gasteiger partial charge in [-0.3, -0.25) is 0 Å². The summed E-state index contributed by atoms with van der Waals surface area (Å²) in [6.07, 6.45) is 9.52. The molecule has 3 aliphatic carbocycles. The molecule has 0 heteroatoms. The van der Waals surface area contributed by atoms with Crippen molar-refractivity contribution in [3.8, 4) is 0 Å². The Morgan fingerprint density at radius 1 is 0.700 bits per heavy atom. The van der Waals surface area contributed by atoms with E-state index >= 15 is 0 Å². The minimum Gasteiger partial charge on any atom is -0.0528 e. The molecule has 0 nitrogen and oxygen atoms in total. The van der Waals surface area contributed by atoms with Crippen LogP contribution in [-0.2, 0) is 0 Å². The molecule has 3 fully saturated rings. The first kappa shape index (κ1) is 5.62. The smallest absolute Gasteiger partial charge is 0.0355 e. The zero-order valence-corrected chi connectivity index (χ0v) is 6.55. The van der Waals surface area contributed by atoms with Gasteiger partial charge in [-0.25, -0.2) is 0 Å². The molecular weight excluding hydrogens is 120 g/mol. The lowest BCUT2D eigenvalue weighted by molar-refractivity contribution is 0.154. The zero-order chi connectivity index (χ0) is 6.55. The van der Waals surface area contributed by atoms with E-state index in [4.69, 9.17) is 0 Å². The molecule has 4 atom stereocenters. The predicted molar refractivity (Wildman–Crippen MR) is 41.7 cm³/mol.